The molecule has 0 fully saturated rings. The highest BCUT2D eigenvalue weighted by Gasteiger charge is 2.22. The summed E-state index contributed by atoms with van der Waals surface area (Å²) in [6, 6.07) is 0. The SMILES string of the molecule is CCC1=C(C(C)CC)C1. The molecule has 0 radical (unpaired) electrons. The van der Waals surface area contributed by atoms with E-state index in [9.17, 15) is 0 Å². The maximum absolute atomic E-state index is 2.33. The molecule has 1 rings (SSSR count). The Morgan fingerprint density at radius 2 is 2.11 bits per heavy atom. The second-order valence-corrected chi connectivity index (χ2v) is 2.97. The van der Waals surface area contributed by atoms with Crippen LogP contribution in [0.5, 0.6) is 0 Å². The van der Waals surface area contributed by atoms with Crippen LogP contribution in [-0.2, 0) is 0 Å². The minimum atomic E-state index is 0.875. The lowest BCUT2D eigenvalue weighted by Gasteiger charge is -1.98. The van der Waals surface area contributed by atoms with Crippen molar-refractivity contribution in [2.45, 2.75) is 40.0 Å². The molecule has 1 aliphatic rings. The zero-order valence-corrected chi connectivity index (χ0v) is 6.70. The molecular weight excluding hydrogens is 108 g/mol. The van der Waals surface area contributed by atoms with Crippen molar-refractivity contribution in [2.24, 2.45) is 5.92 Å². The average Bonchev–Trinajstić information content (AvgIpc) is 2.64. The second kappa shape index (κ2) is 2.55. The molecular formula is C9H16. The molecule has 1 atom stereocenters. The Balaban J connectivity index is 2.38. The van der Waals surface area contributed by atoms with Crippen molar-refractivity contribution in [1.82, 2.24) is 0 Å². The Bertz CT molecular complexity index is 131. The van der Waals surface area contributed by atoms with Crippen LogP contribution in [0.3, 0.4) is 0 Å². The summed E-state index contributed by atoms with van der Waals surface area (Å²) >= 11 is 0. The monoisotopic (exact) mass is 124 g/mol. The molecule has 0 saturated carbocycles. The van der Waals surface area contributed by atoms with Gasteiger partial charge in [0, 0.05) is 0 Å². The van der Waals surface area contributed by atoms with Crippen LogP contribution >= 0.6 is 0 Å². The highest BCUT2D eigenvalue weighted by Crippen LogP contribution is 2.40. The van der Waals surface area contributed by atoms with E-state index in [0.29, 0.717) is 0 Å². The highest BCUT2D eigenvalue weighted by molar-refractivity contribution is 5.36. The molecule has 1 aliphatic carbocycles. The minimum Gasteiger partial charge on any atom is -0.0666 e. The van der Waals surface area contributed by atoms with Gasteiger partial charge in [0.25, 0.3) is 0 Å². The summed E-state index contributed by atoms with van der Waals surface area (Å²) < 4.78 is 0. The molecule has 0 heterocycles. The highest BCUT2D eigenvalue weighted by atomic mass is 14.3. The van der Waals surface area contributed by atoms with E-state index >= 15 is 0 Å². The van der Waals surface area contributed by atoms with E-state index in [0.717, 1.165) is 5.92 Å². The maximum atomic E-state index is 2.33. The van der Waals surface area contributed by atoms with Gasteiger partial charge in [-0.15, -0.1) is 0 Å². The van der Waals surface area contributed by atoms with Crippen molar-refractivity contribution in [3.63, 3.8) is 0 Å². The van der Waals surface area contributed by atoms with E-state index in [-0.39, 0.29) is 0 Å². The summed E-state index contributed by atoms with van der Waals surface area (Å²) in [4.78, 5) is 0. The molecule has 0 spiro atoms. The fraction of sp³-hybridized carbons (Fsp3) is 0.778. The molecule has 0 heteroatoms. The van der Waals surface area contributed by atoms with Gasteiger partial charge in [0.2, 0.25) is 0 Å². The standard InChI is InChI=1S/C9H16/c1-4-7(3)9-6-8(9)5-2/h7H,4-6H2,1-3H3. The number of hydrogen-bond acceptors (Lipinski definition) is 0. The van der Waals surface area contributed by atoms with E-state index in [1.807, 2.05) is 0 Å². The van der Waals surface area contributed by atoms with Crippen LogP contribution in [0.25, 0.3) is 0 Å². The normalized spacial score (nSPS) is 20.3. The van der Waals surface area contributed by atoms with Gasteiger partial charge in [0.15, 0.2) is 0 Å². The Morgan fingerprint density at radius 1 is 1.44 bits per heavy atom. The van der Waals surface area contributed by atoms with Crippen LogP contribution in [0.15, 0.2) is 11.1 Å². The van der Waals surface area contributed by atoms with Gasteiger partial charge in [-0.05, 0) is 25.2 Å². The summed E-state index contributed by atoms with van der Waals surface area (Å²) in [5.41, 5.74) is 3.48. The topological polar surface area (TPSA) is 0 Å². The van der Waals surface area contributed by atoms with Crippen LogP contribution in [0.4, 0.5) is 0 Å². The quantitative estimate of drug-likeness (QED) is 0.507. The molecule has 0 saturated heterocycles. The summed E-state index contributed by atoms with van der Waals surface area (Å²) in [6.45, 7) is 6.85. The smallest absolute Gasteiger partial charge is 0.0100 e. The summed E-state index contributed by atoms with van der Waals surface area (Å²) in [7, 11) is 0. The van der Waals surface area contributed by atoms with Gasteiger partial charge < -0.3 is 0 Å². The third-order valence-electron chi connectivity index (χ3n) is 2.37. The number of hydrogen-bond donors (Lipinski definition) is 0. The fourth-order valence-electron chi connectivity index (χ4n) is 1.31. The first kappa shape index (κ1) is 6.85. The van der Waals surface area contributed by atoms with Gasteiger partial charge in [0.05, 0.1) is 0 Å². The molecule has 0 amide bonds. The number of rotatable bonds is 3. The van der Waals surface area contributed by atoms with Gasteiger partial charge in [-0.3, -0.25) is 0 Å². The lowest BCUT2D eigenvalue weighted by Crippen LogP contribution is -1.85. The molecule has 1 unspecified atom stereocenters. The van der Waals surface area contributed by atoms with E-state index in [4.69, 9.17) is 0 Å². The summed E-state index contributed by atoms with van der Waals surface area (Å²) in [5.74, 6) is 0.875. The first-order valence-corrected chi connectivity index (χ1v) is 4.00. The van der Waals surface area contributed by atoms with Crippen molar-refractivity contribution in [3.8, 4) is 0 Å². The average molecular weight is 124 g/mol. The molecule has 0 aliphatic heterocycles. The summed E-state index contributed by atoms with van der Waals surface area (Å²) in [6.07, 6.45) is 3.96. The zero-order valence-electron chi connectivity index (χ0n) is 6.70. The molecule has 52 valence electrons. The fourth-order valence-corrected chi connectivity index (χ4v) is 1.31. The second-order valence-electron chi connectivity index (χ2n) is 2.97. The van der Waals surface area contributed by atoms with Gasteiger partial charge in [-0.25, -0.2) is 0 Å². The first-order chi connectivity index (χ1) is 4.29. The molecule has 0 aromatic heterocycles. The van der Waals surface area contributed by atoms with Crippen molar-refractivity contribution in [1.29, 1.82) is 0 Å². The Kier molecular flexibility index (Phi) is 1.94. The molecule has 0 aromatic rings. The van der Waals surface area contributed by atoms with Crippen molar-refractivity contribution < 1.29 is 0 Å². The third kappa shape index (κ3) is 1.35. The van der Waals surface area contributed by atoms with E-state index in [1.165, 1.54) is 19.3 Å². The molecule has 0 aromatic carbocycles. The van der Waals surface area contributed by atoms with Gasteiger partial charge in [-0.1, -0.05) is 31.9 Å². The van der Waals surface area contributed by atoms with Gasteiger partial charge in [0.1, 0.15) is 0 Å². The van der Waals surface area contributed by atoms with Gasteiger partial charge in [-0.2, -0.15) is 0 Å². The van der Waals surface area contributed by atoms with Gasteiger partial charge >= 0.3 is 0 Å². The van der Waals surface area contributed by atoms with E-state index < -0.39 is 0 Å². The van der Waals surface area contributed by atoms with E-state index in [1.54, 1.807) is 11.1 Å². The predicted molar refractivity (Wildman–Crippen MR) is 41.4 cm³/mol. The Morgan fingerprint density at radius 3 is 2.44 bits per heavy atom. The molecule has 9 heavy (non-hydrogen) atoms. The van der Waals surface area contributed by atoms with E-state index in [2.05, 4.69) is 20.8 Å². The number of allylic oxidation sites excluding steroid dienone is 2. The third-order valence-corrected chi connectivity index (χ3v) is 2.37. The largest absolute Gasteiger partial charge is 0.0666 e. The minimum absolute atomic E-state index is 0.875. The van der Waals surface area contributed by atoms with Crippen LogP contribution in [0.2, 0.25) is 0 Å². The summed E-state index contributed by atoms with van der Waals surface area (Å²) in [5, 5.41) is 0. The first-order valence-electron chi connectivity index (χ1n) is 4.00. The Hall–Kier alpha value is -0.260. The maximum Gasteiger partial charge on any atom is -0.0100 e. The lowest BCUT2D eigenvalue weighted by atomic mass is 10.1. The van der Waals surface area contributed by atoms with Crippen molar-refractivity contribution in [3.05, 3.63) is 11.1 Å². The van der Waals surface area contributed by atoms with Crippen molar-refractivity contribution in [2.75, 3.05) is 0 Å². The van der Waals surface area contributed by atoms with Crippen LogP contribution in [-0.4, -0.2) is 0 Å². The van der Waals surface area contributed by atoms with Crippen LogP contribution in [0, 0.1) is 5.92 Å². The molecule has 0 bridgehead atoms. The van der Waals surface area contributed by atoms with Crippen molar-refractivity contribution >= 4 is 0 Å². The predicted octanol–water partition coefficient (Wildman–Crippen LogP) is 3.14. The molecule has 0 nitrogen and oxygen atoms in total. The van der Waals surface area contributed by atoms with Crippen LogP contribution < -0.4 is 0 Å². The molecule has 0 N–H and O–H groups in total. The van der Waals surface area contributed by atoms with Crippen LogP contribution in [0.1, 0.15) is 40.0 Å². The Labute approximate surface area is 58.0 Å². The zero-order chi connectivity index (χ0) is 6.85. The lowest BCUT2D eigenvalue weighted by molar-refractivity contribution is 0.672.